The van der Waals surface area contributed by atoms with Gasteiger partial charge in [-0.3, -0.25) is 10.1 Å². The van der Waals surface area contributed by atoms with E-state index in [9.17, 15) is 10.1 Å². The van der Waals surface area contributed by atoms with Crippen LogP contribution in [0.1, 0.15) is 0 Å². The minimum absolute atomic E-state index is 0.0675. The highest BCUT2D eigenvalue weighted by molar-refractivity contribution is 5.87. The first-order valence-electron chi connectivity index (χ1n) is 7.23. The first kappa shape index (κ1) is 15.4. The number of hydrogen-bond acceptors (Lipinski definition) is 8. The molecule has 2 aromatic heterocycles. The molecule has 3 rings (SSSR count). The van der Waals surface area contributed by atoms with Gasteiger partial charge in [0, 0.05) is 30.9 Å². The number of anilines is 3. The van der Waals surface area contributed by atoms with E-state index in [4.69, 9.17) is 5.73 Å². The van der Waals surface area contributed by atoms with Gasteiger partial charge >= 0.3 is 0 Å². The number of nitrogens with two attached hydrogens (primary N) is 1. The van der Waals surface area contributed by atoms with E-state index in [1.807, 2.05) is 6.07 Å². The van der Waals surface area contributed by atoms with Crippen LogP contribution in [0.2, 0.25) is 0 Å². The molecule has 24 heavy (non-hydrogen) atoms. The highest BCUT2D eigenvalue weighted by Gasteiger charge is 2.05. The minimum Gasteiger partial charge on any atom is -0.384 e. The maximum absolute atomic E-state index is 10.6. The van der Waals surface area contributed by atoms with Crippen molar-refractivity contribution in [2.45, 2.75) is 0 Å². The SMILES string of the molecule is Nc1ccc2c(NCCNc3ccc([N+](=O)[O-])cc3)ncnc2n1. The van der Waals surface area contributed by atoms with Gasteiger partial charge in [0.1, 0.15) is 18.0 Å². The number of nitrogens with one attached hydrogen (secondary N) is 2. The molecular weight excluding hydrogens is 310 g/mol. The van der Waals surface area contributed by atoms with E-state index in [-0.39, 0.29) is 5.69 Å². The maximum Gasteiger partial charge on any atom is 0.269 e. The van der Waals surface area contributed by atoms with E-state index in [2.05, 4.69) is 25.6 Å². The molecule has 0 saturated heterocycles. The van der Waals surface area contributed by atoms with Crippen molar-refractivity contribution in [2.24, 2.45) is 0 Å². The Kier molecular flexibility index (Phi) is 4.32. The molecule has 9 nitrogen and oxygen atoms in total. The molecule has 0 saturated carbocycles. The second-order valence-electron chi connectivity index (χ2n) is 4.99. The topological polar surface area (TPSA) is 132 Å². The first-order valence-corrected chi connectivity index (χ1v) is 7.23. The number of nitro groups is 1. The molecule has 3 aromatic rings. The predicted octanol–water partition coefficient (Wildman–Crippen LogP) is 2.04. The Bertz CT molecular complexity index is 867. The molecule has 0 radical (unpaired) electrons. The third-order valence-corrected chi connectivity index (χ3v) is 3.34. The van der Waals surface area contributed by atoms with Crippen molar-refractivity contribution in [1.82, 2.24) is 15.0 Å². The predicted molar refractivity (Wildman–Crippen MR) is 91.8 cm³/mol. The summed E-state index contributed by atoms with van der Waals surface area (Å²) >= 11 is 0. The van der Waals surface area contributed by atoms with E-state index >= 15 is 0 Å². The molecule has 0 spiro atoms. The molecule has 0 aliphatic rings. The fourth-order valence-electron chi connectivity index (χ4n) is 2.19. The molecule has 0 unspecified atom stereocenters. The molecule has 0 aliphatic carbocycles. The van der Waals surface area contributed by atoms with E-state index in [0.29, 0.717) is 30.4 Å². The molecule has 0 amide bonds. The lowest BCUT2D eigenvalue weighted by atomic mass is 10.3. The highest BCUT2D eigenvalue weighted by Crippen LogP contribution is 2.18. The summed E-state index contributed by atoms with van der Waals surface area (Å²) in [6.45, 7) is 1.22. The Balaban J connectivity index is 1.58. The average molecular weight is 325 g/mol. The zero-order valence-electron chi connectivity index (χ0n) is 12.6. The number of aromatic nitrogens is 3. The molecule has 4 N–H and O–H groups in total. The Hall–Kier alpha value is -3.49. The van der Waals surface area contributed by atoms with E-state index < -0.39 is 4.92 Å². The Morgan fingerprint density at radius 2 is 1.79 bits per heavy atom. The summed E-state index contributed by atoms with van der Waals surface area (Å²) in [6.07, 6.45) is 1.43. The van der Waals surface area contributed by atoms with Crippen molar-refractivity contribution < 1.29 is 4.92 Å². The number of rotatable bonds is 6. The first-order chi connectivity index (χ1) is 11.6. The molecular formula is C15H15N7O2. The lowest BCUT2D eigenvalue weighted by Gasteiger charge is -2.09. The average Bonchev–Trinajstić information content (AvgIpc) is 2.59. The molecule has 0 atom stereocenters. The number of hydrogen-bond donors (Lipinski definition) is 3. The quantitative estimate of drug-likeness (QED) is 0.356. The summed E-state index contributed by atoms with van der Waals surface area (Å²) in [5, 5.41) is 17.8. The van der Waals surface area contributed by atoms with Gasteiger partial charge in [0.2, 0.25) is 0 Å². The van der Waals surface area contributed by atoms with E-state index in [1.165, 1.54) is 18.5 Å². The summed E-state index contributed by atoms with van der Waals surface area (Å²) in [5.41, 5.74) is 7.06. The van der Waals surface area contributed by atoms with Crippen molar-refractivity contribution >= 4 is 34.0 Å². The third-order valence-electron chi connectivity index (χ3n) is 3.34. The molecule has 1 aromatic carbocycles. The monoisotopic (exact) mass is 325 g/mol. The molecule has 0 aliphatic heterocycles. The second kappa shape index (κ2) is 6.73. The number of benzene rings is 1. The third kappa shape index (κ3) is 3.46. The zero-order valence-corrected chi connectivity index (χ0v) is 12.6. The van der Waals surface area contributed by atoms with Gasteiger partial charge in [-0.1, -0.05) is 0 Å². The molecule has 0 bridgehead atoms. The summed E-state index contributed by atoms with van der Waals surface area (Å²) in [4.78, 5) is 22.6. The van der Waals surface area contributed by atoms with Crippen LogP contribution in [0.15, 0.2) is 42.7 Å². The minimum atomic E-state index is -0.424. The van der Waals surface area contributed by atoms with Crippen LogP contribution in [0.4, 0.5) is 23.0 Å². The number of pyridine rings is 1. The molecule has 9 heteroatoms. The molecule has 2 heterocycles. The lowest BCUT2D eigenvalue weighted by Crippen LogP contribution is -2.14. The number of nitro benzene ring substituents is 1. The van der Waals surface area contributed by atoms with Crippen LogP contribution in [-0.2, 0) is 0 Å². The van der Waals surface area contributed by atoms with E-state index in [1.54, 1.807) is 18.2 Å². The zero-order chi connectivity index (χ0) is 16.9. The largest absolute Gasteiger partial charge is 0.384 e. The smallest absolute Gasteiger partial charge is 0.269 e. The Morgan fingerprint density at radius 1 is 1.04 bits per heavy atom. The fraction of sp³-hybridized carbons (Fsp3) is 0.133. The second-order valence-corrected chi connectivity index (χ2v) is 4.99. The lowest BCUT2D eigenvalue weighted by molar-refractivity contribution is -0.384. The molecule has 0 fully saturated rings. The van der Waals surface area contributed by atoms with Gasteiger partial charge in [0.05, 0.1) is 10.3 Å². The van der Waals surface area contributed by atoms with Crippen molar-refractivity contribution in [2.75, 3.05) is 29.5 Å². The van der Waals surface area contributed by atoms with Gasteiger partial charge in [0.15, 0.2) is 5.65 Å². The van der Waals surface area contributed by atoms with Crippen LogP contribution >= 0.6 is 0 Å². The summed E-state index contributed by atoms with van der Waals surface area (Å²) < 4.78 is 0. The number of nitrogens with zero attached hydrogens (tertiary/aromatic N) is 4. The van der Waals surface area contributed by atoms with Gasteiger partial charge in [-0.15, -0.1) is 0 Å². The van der Waals surface area contributed by atoms with Gasteiger partial charge in [-0.05, 0) is 24.3 Å². The van der Waals surface area contributed by atoms with Crippen molar-refractivity contribution in [3.05, 3.63) is 52.8 Å². The Morgan fingerprint density at radius 3 is 2.54 bits per heavy atom. The molecule has 122 valence electrons. The Labute approximate surface area is 137 Å². The van der Waals surface area contributed by atoms with Gasteiger partial charge in [-0.25, -0.2) is 15.0 Å². The van der Waals surface area contributed by atoms with Crippen LogP contribution in [-0.4, -0.2) is 33.0 Å². The number of non-ortho nitro benzene ring substituents is 1. The van der Waals surface area contributed by atoms with Gasteiger partial charge in [-0.2, -0.15) is 0 Å². The van der Waals surface area contributed by atoms with Gasteiger partial charge in [0.25, 0.3) is 5.69 Å². The van der Waals surface area contributed by atoms with Crippen LogP contribution in [0, 0.1) is 10.1 Å². The summed E-state index contributed by atoms with van der Waals surface area (Å²) in [5.74, 6) is 1.09. The van der Waals surface area contributed by atoms with Crippen molar-refractivity contribution in [1.29, 1.82) is 0 Å². The van der Waals surface area contributed by atoms with Crippen LogP contribution < -0.4 is 16.4 Å². The van der Waals surface area contributed by atoms with Gasteiger partial charge < -0.3 is 16.4 Å². The number of fused-ring (bicyclic) bond motifs is 1. The highest BCUT2D eigenvalue weighted by atomic mass is 16.6. The van der Waals surface area contributed by atoms with Crippen LogP contribution in [0.25, 0.3) is 11.0 Å². The van der Waals surface area contributed by atoms with Crippen LogP contribution in [0.3, 0.4) is 0 Å². The summed E-state index contributed by atoms with van der Waals surface area (Å²) in [6, 6.07) is 9.79. The number of nitrogen functional groups attached to an aromatic ring is 1. The van der Waals surface area contributed by atoms with Crippen molar-refractivity contribution in [3.8, 4) is 0 Å². The standard InChI is InChI=1S/C15H15N7O2/c16-13-6-5-12-14(19-9-20-15(12)21-13)18-8-7-17-10-1-3-11(4-2-10)22(23)24/h1-6,9,17H,7-8H2,(H3,16,18,19,20,21). The van der Waals surface area contributed by atoms with Crippen molar-refractivity contribution in [3.63, 3.8) is 0 Å². The summed E-state index contributed by atoms with van der Waals surface area (Å²) in [7, 11) is 0. The van der Waals surface area contributed by atoms with Crippen LogP contribution in [0.5, 0.6) is 0 Å². The fourth-order valence-corrected chi connectivity index (χ4v) is 2.19. The maximum atomic E-state index is 10.6. The van der Waals surface area contributed by atoms with E-state index in [0.717, 1.165) is 11.1 Å². The normalized spacial score (nSPS) is 10.5.